The lowest BCUT2D eigenvalue weighted by molar-refractivity contribution is -0.171. The van der Waals surface area contributed by atoms with Crippen molar-refractivity contribution in [3.63, 3.8) is 0 Å². The van der Waals surface area contributed by atoms with Crippen LogP contribution in [0.2, 0.25) is 0 Å². The third kappa shape index (κ3) is 10.3. The first-order valence-corrected chi connectivity index (χ1v) is 8.46. The van der Waals surface area contributed by atoms with Gasteiger partial charge in [-0.25, -0.2) is 4.79 Å². The van der Waals surface area contributed by atoms with Crippen LogP contribution in [0, 0.1) is 0 Å². The molecule has 2 heterocycles. The molecular weight excluding hydrogens is 340 g/mol. The van der Waals surface area contributed by atoms with Crippen molar-refractivity contribution in [3.05, 3.63) is 48.0 Å². The van der Waals surface area contributed by atoms with Crippen molar-refractivity contribution in [2.24, 2.45) is 0 Å². The van der Waals surface area contributed by atoms with Gasteiger partial charge < -0.3 is 29.5 Å². The standard InChI is InChI=1S/C9H12O2.C6H10O3.C4H6O2/c1-2-9(10,11)8-6-4-3-5-7-8;1(5-3-8-5)7-2-6-4-9-6;1-3(2)4(5)6/h3-7,10-11H,2H2,1H3;5-6H,1-4H2;1H2,2H3,(H,5,6). The number of carboxylic acids is 1. The summed E-state index contributed by atoms with van der Waals surface area (Å²) >= 11 is 0. The lowest BCUT2D eigenvalue weighted by Gasteiger charge is -2.19. The van der Waals surface area contributed by atoms with E-state index < -0.39 is 11.8 Å². The first-order chi connectivity index (χ1) is 12.3. The van der Waals surface area contributed by atoms with Crippen LogP contribution in [0.3, 0.4) is 0 Å². The molecule has 2 aliphatic rings. The van der Waals surface area contributed by atoms with Crippen LogP contribution in [0.1, 0.15) is 25.8 Å². The highest BCUT2D eigenvalue weighted by Gasteiger charge is 2.26. The van der Waals surface area contributed by atoms with Crippen molar-refractivity contribution in [3.8, 4) is 0 Å². The van der Waals surface area contributed by atoms with Crippen LogP contribution < -0.4 is 0 Å². The second-order valence-electron chi connectivity index (χ2n) is 6.07. The Balaban J connectivity index is 0.000000204. The van der Waals surface area contributed by atoms with Gasteiger partial charge in [-0.05, 0) is 6.92 Å². The van der Waals surface area contributed by atoms with Gasteiger partial charge in [0.15, 0.2) is 5.79 Å². The summed E-state index contributed by atoms with van der Waals surface area (Å²) in [6, 6.07) is 8.81. The number of carbonyl (C=O) groups is 1. The summed E-state index contributed by atoms with van der Waals surface area (Å²) in [5.41, 5.74) is 0.720. The van der Waals surface area contributed by atoms with Crippen LogP contribution in [0.15, 0.2) is 42.5 Å². The molecule has 3 rings (SSSR count). The van der Waals surface area contributed by atoms with E-state index >= 15 is 0 Å². The maximum atomic E-state index is 9.60. The molecule has 146 valence electrons. The van der Waals surface area contributed by atoms with Gasteiger partial charge in [0.05, 0.1) is 26.4 Å². The second-order valence-corrected chi connectivity index (χ2v) is 6.07. The third-order valence-corrected chi connectivity index (χ3v) is 3.51. The topological polar surface area (TPSA) is 112 Å². The smallest absolute Gasteiger partial charge is 0.330 e. The lowest BCUT2D eigenvalue weighted by atomic mass is 10.0. The van der Waals surface area contributed by atoms with Crippen molar-refractivity contribution in [2.45, 2.75) is 38.3 Å². The molecule has 0 saturated carbocycles. The average Bonchev–Trinajstić information content (AvgIpc) is 3.52. The van der Waals surface area contributed by atoms with Crippen molar-refractivity contribution in [1.82, 2.24) is 0 Å². The maximum Gasteiger partial charge on any atom is 0.330 e. The number of hydrogen-bond donors (Lipinski definition) is 3. The molecule has 26 heavy (non-hydrogen) atoms. The van der Waals surface area contributed by atoms with Gasteiger partial charge in [-0.15, -0.1) is 0 Å². The molecule has 1 aromatic rings. The molecule has 0 aliphatic carbocycles. The molecule has 7 nitrogen and oxygen atoms in total. The van der Waals surface area contributed by atoms with Crippen molar-refractivity contribution in [1.29, 1.82) is 0 Å². The van der Waals surface area contributed by atoms with Crippen LogP contribution in [0.25, 0.3) is 0 Å². The lowest BCUT2D eigenvalue weighted by Crippen LogP contribution is -2.23. The summed E-state index contributed by atoms with van der Waals surface area (Å²) in [6.07, 6.45) is 1.09. The van der Waals surface area contributed by atoms with Crippen LogP contribution in [0.4, 0.5) is 0 Å². The van der Waals surface area contributed by atoms with Gasteiger partial charge in [0.1, 0.15) is 12.2 Å². The summed E-state index contributed by atoms with van der Waals surface area (Å²) in [5.74, 6) is -2.60. The summed E-state index contributed by atoms with van der Waals surface area (Å²) in [5, 5.41) is 26.6. The Labute approximate surface area is 153 Å². The summed E-state index contributed by atoms with van der Waals surface area (Å²) in [4.78, 5) is 9.60. The Bertz CT molecular complexity index is 524. The quantitative estimate of drug-likeness (QED) is 0.381. The predicted molar refractivity (Wildman–Crippen MR) is 95.6 cm³/mol. The molecule has 2 saturated heterocycles. The van der Waals surface area contributed by atoms with Gasteiger partial charge in [-0.3, -0.25) is 0 Å². The van der Waals surface area contributed by atoms with Gasteiger partial charge in [0.2, 0.25) is 0 Å². The highest BCUT2D eigenvalue weighted by atomic mass is 16.6. The van der Waals surface area contributed by atoms with Gasteiger partial charge >= 0.3 is 5.97 Å². The van der Waals surface area contributed by atoms with Gasteiger partial charge in [0.25, 0.3) is 0 Å². The predicted octanol–water partition coefficient (Wildman–Crippen LogP) is 1.68. The Kier molecular flexibility index (Phi) is 9.47. The summed E-state index contributed by atoms with van der Waals surface area (Å²) in [6.45, 7) is 9.59. The van der Waals surface area contributed by atoms with Crippen molar-refractivity contribution >= 4 is 5.97 Å². The van der Waals surface area contributed by atoms with E-state index in [4.69, 9.17) is 19.3 Å². The first kappa shape index (κ1) is 22.3. The minimum Gasteiger partial charge on any atom is -0.478 e. The zero-order chi connectivity index (χ0) is 19.6. The van der Waals surface area contributed by atoms with Crippen LogP contribution in [-0.4, -0.2) is 59.9 Å². The molecule has 0 radical (unpaired) electrons. The maximum absolute atomic E-state index is 9.60. The number of carboxylic acid groups (broad SMARTS) is 1. The van der Waals surface area contributed by atoms with E-state index in [1.165, 1.54) is 6.92 Å². The molecule has 0 aromatic heterocycles. The fourth-order valence-electron chi connectivity index (χ4n) is 1.57. The van der Waals surface area contributed by atoms with Crippen LogP contribution >= 0.6 is 0 Å². The summed E-state index contributed by atoms with van der Waals surface area (Å²) < 4.78 is 15.1. The van der Waals surface area contributed by atoms with E-state index in [-0.39, 0.29) is 5.57 Å². The zero-order valence-corrected chi connectivity index (χ0v) is 15.3. The minimum absolute atomic E-state index is 0.176. The highest BCUT2D eigenvalue weighted by Crippen LogP contribution is 2.20. The zero-order valence-electron chi connectivity index (χ0n) is 15.3. The normalized spacial score (nSPS) is 20.0. The largest absolute Gasteiger partial charge is 0.478 e. The Morgan fingerprint density at radius 2 is 1.62 bits per heavy atom. The van der Waals surface area contributed by atoms with E-state index in [0.717, 1.165) is 26.4 Å². The Hall–Kier alpha value is -1.77. The number of epoxide rings is 2. The van der Waals surface area contributed by atoms with E-state index in [2.05, 4.69) is 6.58 Å². The van der Waals surface area contributed by atoms with Crippen LogP contribution in [0.5, 0.6) is 0 Å². The monoisotopic (exact) mass is 368 g/mol. The second kappa shape index (κ2) is 11.1. The van der Waals surface area contributed by atoms with E-state index in [1.54, 1.807) is 31.2 Å². The number of aliphatic hydroxyl groups is 2. The molecule has 0 bridgehead atoms. The van der Waals surface area contributed by atoms with Crippen LogP contribution in [-0.2, 0) is 24.8 Å². The molecular formula is C19H28O7. The van der Waals surface area contributed by atoms with Gasteiger partial charge in [-0.2, -0.15) is 0 Å². The van der Waals surface area contributed by atoms with Gasteiger partial charge in [-0.1, -0.05) is 43.8 Å². The van der Waals surface area contributed by atoms with Crippen molar-refractivity contribution < 1.29 is 34.3 Å². The fourth-order valence-corrected chi connectivity index (χ4v) is 1.57. The number of hydrogen-bond acceptors (Lipinski definition) is 6. The van der Waals surface area contributed by atoms with Crippen molar-refractivity contribution in [2.75, 3.05) is 26.4 Å². The number of benzene rings is 1. The number of ether oxygens (including phenoxy) is 3. The number of rotatable bonds is 7. The SMILES string of the molecule is C(OCC1CO1)C1CO1.C=C(C)C(=O)O.CCC(O)(O)c1ccccc1. The average molecular weight is 368 g/mol. The molecule has 2 unspecified atom stereocenters. The molecule has 2 fully saturated rings. The van der Waals surface area contributed by atoms with E-state index in [9.17, 15) is 15.0 Å². The Morgan fingerprint density at radius 3 is 1.92 bits per heavy atom. The molecule has 2 aliphatic heterocycles. The first-order valence-electron chi connectivity index (χ1n) is 8.46. The molecule has 0 amide bonds. The fraction of sp³-hybridized carbons (Fsp3) is 0.526. The van der Waals surface area contributed by atoms with Gasteiger partial charge in [0, 0.05) is 17.6 Å². The molecule has 0 spiro atoms. The Morgan fingerprint density at radius 1 is 1.19 bits per heavy atom. The van der Waals surface area contributed by atoms with E-state index in [1.807, 2.05) is 6.07 Å². The molecule has 3 N–H and O–H groups in total. The third-order valence-electron chi connectivity index (χ3n) is 3.51. The highest BCUT2D eigenvalue weighted by molar-refractivity contribution is 5.84. The summed E-state index contributed by atoms with van der Waals surface area (Å²) in [7, 11) is 0. The minimum atomic E-state index is -1.67. The number of aliphatic carboxylic acids is 1. The molecule has 2 atom stereocenters. The molecule has 1 aromatic carbocycles. The van der Waals surface area contributed by atoms with E-state index in [0.29, 0.717) is 24.2 Å². The molecule has 7 heteroatoms.